The van der Waals surface area contributed by atoms with Crippen LogP contribution in [0.25, 0.3) is 0 Å². The van der Waals surface area contributed by atoms with E-state index in [-0.39, 0.29) is 12.4 Å². The maximum absolute atomic E-state index is 13.9. The summed E-state index contributed by atoms with van der Waals surface area (Å²) < 4.78 is 20.4. The molecule has 1 fully saturated rings. The van der Waals surface area contributed by atoms with Crippen molar-refractivity contribution >= 4 is 21.6 Å². The summed E-state index contributed by atoms with van der Waals surface area (Å²) in [5, 5.41) is 10.2. The molecule has 0 aliphatic carbocycles. The Bertz CT molecular complexity index is 693. The number of benzene rings is 2. The lowest BCUT2D eigenvalue weighted by molar-refractivity contribution is 0.0660. The fourth-order valence-electron chi connectivity index (χ4n) is 2.98. The predicted octanol–water partition coefficient (Wildman–Crippen LogP) is 3.15. The minimum Gasteiger partial charge on any atom is -0.490 e. The van der Waals surface area contributed by atoms with Gasteiger partial charge >= 0.3 is 0 Å². The van der Waals surface area contributed by atoms with E-state index < -0.39 is 6.10 Å². The summed E-state index contributed by atoms with van der Waals surface area (Å²) in [6.45, 7) is 3.88. The van der Waals surface area contributed by atoms with E-state index in [1.54, 1.807) is 6.07 Å². The molecule has 25 heavy (non-hydrogen) atoms. The molecule has 2 aromatic carbocycles. The normalized spacial score (nSPS) is 16.7. The third-order valence-electron chi connectivity index (χ3n) is 4.30. The zero-order valence-corrected chi connectivity index (χ0v) is 15.5. The molecule has 134 valence electrons. The number of rotatable bonds is 6. The Balaban J connectivity index is 1.44. The minimum absolute atomic E-state index is 0.183. The van der Waals surface area contributed by atoms with Crippen LogP contribution in [0.2, 0.25) is 0 Å². The van der Waals surface area contributed by atoms with Gasteiger partial charge in [0.25, 0.3) is 0 Å². The highest BCUT2D eigenvalue weighted by molar-refractivity contribution is 9.10. The molecule has 1 heterocycles. The SMILES string of the molecule is O[C@@H](COc1ccccc1Br)CN1CCN(c2ccccc2F)CC1. The minimum atomic E-state index is -0.563. The highest BCUT2D eigenvalue weighted by atomic mass is 79.9. The van der Waals surface area contributed by atoms with Gasteiger partial charge in [0.2, 0.25) is 0 Å². The molecule has 1 N–H and O–H groups in total. The third-order valence-corrected chi connectivity index (χ3v) is 4.96. The van der Waals surface area contributed by atoms with E-state index in [9.17, 15) is 9.50 Å². The zero-order valence-electron chi connectivity index (χ0n) is 13.9. The van der Waals surface area contributed by atoms with Crippen LogP contribution in [0.15, 0.2) is 53.0 Å². The van der Waals surface area contributed by atoms with Crippen LogP contribution in [-0.2, 0) is 0 Å². The molecule has 3 rings (SSSR count). The molecule has 0 unspecified atom stereocenters. The van der Waals surface area contributed by atoms with Crippen LogP contribution in [0.5, 0.6) is 5.75 Å². The number of hydrogen-bond donors (Lipinski definition) is 1. The average molecular weight is 409 g/mol. The van der Waals surface area contributed by atoms with E-state index in [4.69, 9.17) is 4.74 Å². The Labute approximate surface area is 155 Å². The van der Waals surface area contributed by atoms with E-state index in [1.165, 1.54) is 6.07 Å². The number of piperazine rings is 1. The van der Waals surface area contributed by atoms with Gasteiger partial charge in [-0.1, -0.05) is 24.3 Å². The lowest BCUT2D eigenvalue weighted by Crippen LogP contribution is -2.49. The number of hydrogen-bond acceptors (Lipinski definition) is 4. The van der Waals surface area contributed by atoms with Gasteiger partial charge < -0.3 is 14.7 Å². The second-order valence-corrected chi connectivity index (χ2v) is 6.99. The number of para-hydroxylation sites is 2. The van der Waals surface area contributed by atoms with Crippen LogP contribution in [0.1, 0.15) is 0 Å². The first-order chi connectivity index (χ1) is 12.1. The van der Waals surface area contributed by atoms with E-state index in [2.05, 4.69) is 25.7 Å². The third kappa shape index (κ3) is 4.93. The monoisotopic (exact) mass is 408 g/mol. The molecular formula is C19H22BrFN2O2. The Morgan fingerprint density at radius 3 is 2.44 bits per heavy atom. The largest absolute Gasteiger partial charge is 0.490 e. The first kappa shape index (κ1) is 18.2. The van der Waals surface area contributed by atoms with Gasteiger partial charge in [0.05, 0.1) is 10.2 Å². The van der Waals surface area contributed by atoms with E-state index in [0.29, 0.717) is 12.2 Å². The van der Waals surface area contributed by atoms with Crippen molar-refractivity contribution in [3.8, 4) is 5.75 Å². The highest BCUT2D eigenvalue weighted by Crippen LogP contribution is 2.24. The molecule has 0 aromatic heterocycles. The molecule has 0 saturated carbocycles. The maximum atomic E-state index is 13.9. The summed E-state index contributed by atoms with van der Waals surface area (Å²) in [6.07, 6.45) is -0.563. The number of halogens is 2. The number of aliphatic hydroxyl groups excluding tert-OH is 1. The fourth-order valence-corrected chi connectivity index (χ4v) is 3.38. The lowest BCUT2D eigenvalue weighted by atomic mass is 10.2. The first-order valence-electron chi connectivity index (χ1n) is 8.40. The van der Waals surface area contributed by atoms with Crippen molar-refractivity contribution < 1.29 is 14.2 Å². The van der Waals surface area contributed by atoms with Gasteiger partial charge in [0.1, 0.15) is 24.3 Å². The Morgan fingerprint density at radius 1 is 1.04 bits per heavy atom. The van der Waals surface area contributed by atoms with Gasteiger partial charge in [-0.3, -0.25) is 4.90 Å². The zero-order chi connectivity index (χ0) is 17.6. The molecule has 0 amide bonds. The first-order valence-corrected chi connectivity index (χ1v) is 9.20. The molecule has 1 saturated heterocycles. The molecule has 0 radical (unpaired) electrons. The van der Waals surface area contributed by atoms with Crippen molar-refractivity contribution in [1.29, 1.82) is 0 Å². The molecule has 2 aromatic rings. The molecule has 0 spiro atoms. The standard InChI is InChI=1S/C19H22BrFN2O2/c20-16-5-1-4-8-19(16)25-14-15(24)13-22-9-11-23(12-10-22)18-7-3-2-6-17(18)21/h1-8,15,24H,9-14H2/t15-/m1/s1. The number of ether oxygens (including phenoxy) is 1. The molecule has 1 atom stereocenters. The van der Waals surface area contributed by atoms with Gasteiger partial charge in [0.15, 0.2) is 0 Å². The van der Waals surface area contributed by atoms with Gasteiger partial charge in [-0.15, -0.1) is 0 Å². The Morgan fingerprint density at radius 2 is 1.72 bits per heavy atom. The second-order valence-electron chi connectivity index (χ2n) is 6.13. The maximum Gasteiger partial charge on any atom is 0.146 e. The number of nitrogens with zero attached hydrogens (tertiary/aromatic N) is 2. The second kappa shape index (κ2) is 8.65. The molecule has 6 heteroatoms. The Hall–Kier alpha value is -1.63. The van der Waals surface area contributed by atoms with Gasteiger partial charge in [-0.2, -0.15) is 0 Å². The summed E-state index contributed by atoms with van der Waals surface area (Å²) >= 11 is 3.43. The van der Waals surface area contributed by atoms with Gasteiger partial charge in [-0.05, 0) is 40.2 Å². The summed E-state index contributed by atoms with van der Waals surface area (Å²) in [5.74, 6) is 0.545. The Kier molecular flexibility index (Phi) is 6.29. The number of aliphatic hydroxyl groups is 1. The van der Waals surface area contributed by atoms with Crippen LogP contribution < -0.4 is 9.64 Å². The predicted molar refractivity (Wildman–Crippen MR) is 101 cm³/mol. The summed E-state index contributed by atoms with van der Waals surface area (Å²) in [5.41, 5.74) is 0.653. The highest BCUT2D eigenvalue weighted by Gasteiger charge is 2.21. The van der Waals surface area contributed by atoms with Crippen LogP contribution in [-0.4, -0.2) is 55.4 Å². The van der Waals surface area contributed by atoms with Crippen molar-refractivity contribution in [2.75, 3.05) is 44.2 Å². The van der Waals surface area contributed by atoms with E-state index in [1.807, 2.05) is 36.4 Å². The lowest BCUT2D eigenvalue weighted by Gasteiger charge is -2.36. The molecular weight excluding hydrogens is 387 g/mol. The fraction of sp³-hybridized carbons (Fsp3) is 0.368. The number of anilines is 1. The van der Waals surface area contributed by atoms with E-state index in [0.717, 1.165) is 36.4 Å². The topological polar surface area (TPSA) is 35.9 Å². The van der Waals surface area contributed by atoms with E-state index >= 15 is 0 Å². The van der Waals surface area contributed by atoms with Crippen molar-refractivity contribution in [2.45, 2.75) is 6.10 Å². The summed E-state index contributed by atoms with van der Waals surface area (Å²) in [4.78, 5) is 4.24. The van der Waals surface area contributed by atoms with Crippen LogP contribution >= 0.6 is 15.9 Å². The summed E-state index contributed by atoms with van der Waals surface area (Å²) in [7, 11) is 0. The van der Waals surface area contributed by atoms with Crippen molar-refractivity contribution in [2.24, 2.45) is 0 Å². The van der Waals surface area contributed by atoms with Crippen LogP contribution in [0.4, 0.5) is 10.1 Å². The summed E-state index contributed by atoms with van der Waals surface area (Å²) in [6, 6.07) is 14.4. The molecule has 1 aliphatic heterocycles. The molecule has 4 nitrogen and oxygen atoms in total. The number of β-amino-alcohol motifs (C(OH)–C–C–N with tert-alkyl or cyclic N) is 1. The van der Waals surface area contributed by atoms with Crippen LogP contribution in [0, 0.1) is 5.82 Å². The van der Waals surface area contributed by atoms with Crippen molar-refractivity contribution in [1.82, 2.24) is 4.90 Å². The molecule has 1 aliphatic rings. The van der Waals surface area contributed by atoms with Crippen molar-refractivity contribution in [3.63, 3.8) is 0 Å². The van der Waals surface area contributed by atoms with Gasteiger partial charge in [-0.25, -0.2) is 4.39 Å². The van der Waals surface area contributed by atoms with Crippen LogP contribution in [0.3, 0.4) is 0 Å². The smallest absolute Gasteiger partial charge is 0.146 e. The average Bonchev–Trinajstić information content (AvgIpc) is 2.62. The molecule has 0 bridgehead atoms. The van der Waals surface area contributed by atoms with Gasteiger partial charge in [0, 0.05) is 32.7 Å². The van der Waals surface area contributed by atoms with Crippen molar-refractivity contribution in [3.05, 3.63) is 58.8 Å². The quantitative estimate of drug-likeness (QED) is 0.796.